The highest BCUT2D eigenvalue weighted by Crippen LogP contribution is 2.10. The lowest BCUT2D eigenvalue weighted by atomic mass is 10.1. The van der Waals surface area contributed by atoms with Gasteiger partial charge in [-0.25, -0.2) is 0 Å². The fourth-order valence-electron chi connectivity index (χ4n) is 2.52. The van der Waals surface area contributed by atoms with E-state index in [4.69, 9.17) is 0 Å². The number of unbranched alkanes of at least 4 members (excludes halogenated alkanes) is 4. The molecule has 1 amide bonds. The summed E-state index contributed by atoms with van der Waals surface area (Å²) in [5.41, 5.74) is 0. The Bertz CT molecular complexity index is 225. The highest BCUT2D eigenvalue weighted by Gasteiger charge is 2.21. The number of nitrogens with zero attached hydrogens (tertiary/aromatic N) is 1. The fourth-order valence-corrected chi connectivity index (χ4v) is 2.52. The molecule has 0 spiro atoms. The van der Waals surface area contributed by atoms with Gasteiger partial charge in [0, 0.05) is 13.1 Å². The zero-order valence-corrected chi connectivity index (χ0v) is 12.2. The Balaban J connectivity index is 2.07. The van der Waals surface area contributed by atoms with Crippen LogP contribution in [-0.4, -0.2) is 36.5 Å². The van der Waals surface area contributed by atoms with E-state index in [-0.39, 0.29) is 6.04 Å². The molecule has 18 heavy (non-hydrogen) atoms. The maximum Gasteiger partial charge on any atom is 0.239 e. The number of carbonyl (C=O) groups is 1. The van der Waals surface area contributed by atoms with Gasteiger partial charge in [0.25, 0.3) is 0 Å². The lowest BCUT2D eigenvalue weighted by Gasteiger charge is -2.29. The monoisotopic (exact) mass is 254 g/mol. The molecule has 1 fully saturated rings. The van der Waals surface area contributed by atoms with E-state index in [1.54, 1.807) is 0 Å². The second-order valence-corrected chi connectivity index (χ2v) is 5.48. The van der Waals surface area contributed by atoms with Gasteiger partial charge in [0.15, 0.2) is 0 Å². The van der Waals surface area contributed by atoms with Gasteiger partial charge in [-0.3, -0.25) is 4.79 Å². The molecule has 0 bridgehead atoms. The van der Waals surface area contributed by atoms with Gasteiger partial charge in [-0.1, -0.05) is 32.6 Å². The predicted octanol–water partition coefficient (Wildman–Crippen LogP) is 2.95. The summed E-state index contributed by atoms with van der Waals surface area (Å²) in [5, 5.41) is 3.37. The molecule has 1 aliphatic heterocycles. The maximum atomic E-state index is 12.1. The molecule has 0 radical (unpaired) electrons. The fraction of sp³-hybridized carbons (Fsp3) is 0.933. The molecule has 1 rings (SSSR count). The Kier molecular flexibility index (Phi) is 8.06. The van der Waals surface area contributed by atoms with Crippen LogP contribution in [0.2, 0.25) is 0 Å². The van der Waals surface area contributed by atoms with Crippen molar-refractivity contribution in [2.24, 2.45) is 0 Å². The number of amides is 1. The summed E-state index contributed by atoms with van der Waals surface area (Å²) in [6, 6.07) is -0.00530. The first-order valence-electron chi connectivity index (χ1n) is 7.78. The topological polar surface area (TPSA) is 32.3 Å². The van der Waals surface area contributed by atoms with E-state index >= 15 is 0 Å². The molecule has 1 atom stereocenters. The number of nitrogens with one attached hydrogen (secondary N) is 1. The maximum absolute atomic E-state index is 12.1. The van der Waals surface area contributed by atoms with Crippen LogP contribution in [0.5, 0.6) is 0 Å². The molecule has 1 heterocycles. The van der Waals surface area contributed by atoms with Gasteiger partial charge >= 0.3 is 0 Å². The number of rotatable bonds is 8. The van der Waals surface area contributed by atoms with Gasteiger partial charge in [-0.2, -0.15) is 0 Å². The molecule has 0 aliphatic carbocycles. The van der Waals surface area contributed by atoms with Crippen LogP contribution in [-0.2, 0) is 4.79 Å². The second-order valence-electron chi connectivity index (χ2n) is 5.48. The molecular weight excluding hydrogens is 224 g/mol. The van der Waals surface area contributed by atoms with Crippen molar-refractivity contribution in [1.82, 2.24) is 10.2 Å². The summed E-state index contributed by atoms with van der Waals surface area (Å²) in [4.78, 5) is 14.2. The molecular formula is C15H30N2O. The number of hydrogen-bond acceptors (Lipinski definition) is 2. The van der Waals surface area contributed by atoms with Crippen molar-refractivity contribution in [2.75, 3.05) is 19.6 Å². The molecule has 0 aromatic rings. The molecule has 3 heteroatoms. The Hall–Kier alpha value is -0.570. The minimum atomic E-state index is -0.00530. The highest BCUT2D eigenvalue weighted by molar-refractivity contribution is 5.81. The van der Waals surface area contributed by atoms with Crippen LogP contribution in [0.15, 0.2) is 0 Å². The van der Waals surface area contributed by atoms with Crippen molar-refractivity contribution in [2.45, 2.75) is 71.3 Å². The first kappa shape index (κ1) is 15.5. The highest BCUT2D eigenvalue weighted by atomic mass is 16.2. The van der Waals surface area contributed by atoms with Crippen LogP contribution in [0.25, 0.3) is 0 Å². The predicted molar refractivity (Wildman–Crippen MR) is 76.7 cm³/mol. The van der Waals surface area contributed by atoms with Crippen LogP contribution in [0, 0.1) is 0 Å². The molecule has 1 unspecified atom stereocenters. The standard InChI is InChI=1S/C15H30N2O/c1-3-4-5-6-8-11-16-14(2)15(18)17-12-9-7-10-13-17/h14,16H,3-13H2,1-2H3. The quantitative estimate of drug-likeness (QED) is 0.675. The number of carbonyl (C=O) groups excluding carboxylic acids is 1. The molecule has 0 aromatic carbocycles. The average molecular weight is 254 g/mol. The molecule has 3 nitrogen and oxygen atoms in total. The van der Waals surface area contributed by atoms with E-state index in [2.05, 4.69) is 12.2 Å². The Labute approximate surface area is 112 Å². The van der Waals surface area contributed by atoms with Gasteiger partial charge in [0.05, 0.1) is 6.04 Å². The van der Waals surface area contributed by atoms with Crippen LogP contribution >= 0.6 is 0 Å². The van der Waals surface area contributed by atoms with E-state index in [0.29, 0.717) is 5.91 Å². The molecule has 1 saturated heterocycles. The normalized spacial score (nSPS) is 17.8. The molecule has 106 valence electrons. The minimum absolute atomic E-state index is 0.00530. The summed E-state index contributed by atoms with van der Waals surface area (Å²) in [6.45, 7) is 7.13. The molecule has 1 N–H and O–H groups in total. The van der Waals surface area contributed by atoms with Crippen LogP contribution in [0.1, 0.15) is 65.2 Å². The smallest absolute Gasteiger partial charge is 0.239 e. The van der Waals surface area contributed by atoms with Crippen molar-refractivity contribution in [3.8, 4) is 0 Å². The number of piperidine rings is 1. The third kappa shape index (κ3) is 5.85. The van der Waals surface area contributed by atoms with E-state index < -0.39 is 0 Å². The Morgan fingerprint density at radius 2 is 1.78 bits per heavy atom. The first-order valence-corrected chi connectivity index (χ1v) is 7.78. The van der Waals surface area contributed by atoms with Gasteiger partial charge < -0.3 is 10.2 Å². The summed E-state index contributed by atoms with van der Waals surface area (Å²) in [6.07, 6.45) is 10.1. The van der Waals surface area contributed by atoms with E-state index in [1.165, 1.54) is 51.4 Å². The minimum Gasteiger partial charge on any atom is -0.341 e. The van der Waals surface area contributed by atoms with E-state index in [0.717, 1.165) is 19.6 Å². The van der Waals surface area contributed by atoms with Crippen molar-refractivity contribution in [3.05, 3.63) is 0 Å². The van der Waals surface area contributed by atoms with Crippen LogP contribution in [0.4, 0.5) is 0 Å². The van der Waals surface area contributed by atoms with Gasteiger partial charge in [0.2, 0.25) is 5.91 Å². The lowest BCUT2D eigenvalue weighted by molar-refractivity contribution is -0.133. The van der Waals surface area contributed by atoms with Crippen LogP contribution < -0.4 is 5.32 Å². The average Bonchev–Trinajstić information content (AvgIpc) is 2.42. The lowest BCUT2D eigenvalue weighted by Crippen LogP contribution is -2.47. The summed E-state index contributed by atoms with van der Waals surface area (Å²) in [5.74, 6) is 0.295. The molecule has 0 aromatic heterocycles. The van der Waals surface area contributed by atoms with E-state index in [9.17, 15) is 4.79 Å². The SMILES string of the molecule is CCCCCCCNC(C)C(=O)N1CCCCC1. The largest absolute Gasteiger partial charge is 0.341 e. The van der Waals surface area contributed by atoms with E-state index in [1.807, 2.05) is 11.8 Å². The zero-order valence-electron chi connectivity index (χ0n) is 12.2. The summed E-state index contributed by atoms with van der Waals surface area (Å²) < 4.78 is 0. The zero-order chi connectivity index (χ0) is 13.2. The molecule has 1 aliphatic rings. The van der Waals surface area contributed by atoms with Crippen LogP contribution in [0.3, 0.4) is 0 Å². The number of hydrogen-bond donors (Lipinski definition) is 1. The van der Waals surface area contributed by atoms with Crippen molar-refractivity contribution in [3.63, 3.8) is 0 Å². The summed E-state index contributed by atoms with van der Waals surface area (Å²) >= 11 is 0. The molecule has 0 saturated carbocycles. The van der Waals surface area contributed by atoms with Crippen molar-refractivity contribution in [1.29, 1.82) is 0 Å². The van der Waals surface area contributed by atoms with Crippen molar-refractivity contribution >= 4 is 5.91 Å². The van der Waals surface area contributed by atoms with Crippen molar-refractivity contribution < 1.29 is 4.79 Å². The number of likely N-dealkylation sites (tertiary alicyclic amines) is 1. The second kappa shape index (κ2) is 9.37. The summed E-state index contributed by atoms with van der Waals surface area (Å²) in [7, 11) is 0. The Morgan fingerprint density at radius 1 is 1.11 bits per heavy atom. The third-order valence-electron chi connectivity index (χ3n) is 3.77. The third-order valence-corrected chi connectivity index (χ3v) is 3.77. The first-order chi connectivity index (χ1) is 8.75. The van der Waals surface area contributed by atoms with Gasteiger partial charge in [0.1, 0.15) is 0 Å². The Morgan fingerprint density at radius 3 is 2.44 bits per heavy atom. The van der Waals surface area contributed by atoms with Gasteiger partial charge in [-0.05, 0) is 39.2 Å². The van der Waals surface area contributed by atoms with Gasteiger partial charge in [-0.15, -0.1) is 0 Å².